The van der Waals surface area contributed by atoms with E-state index in [1.54, 1.807) is 7.11 Å². The maximum Gasteiger partial charge on any atom is 0.162 e. The number of nitrogens with one attached hydrogen (secondary N) is 1. The molecule has 0 aliphatic heterocycles. The average Bonchev–Trinajstić information content (AvgIpc) is 2.83. The Morgan fingerprint density at radius 2 is 2.05 bits per heavy atom. The van der Waals surface area contributed by atoms with Crippen LogP contribution in [0.4, 0.5) is 5.69 Å². The van der Waals surface area contributed by atoms with Crippen LogP contribution in [0.1, 0.15) is 12.6 Å². The third-order valence-corrected chi connectivity index (χ3v) is 2.99. The molecule has 102 valence electrons. The van der Waals surface area contributed by atoms with Crippen molar-refractivity contribution in [3.63, 3.8) is 0 Å². The molecule has 0 radical (unpaired) electrons. The van der Waals surface area contributed by atoms with E-state index in [2.05, 4.69) is 16.0 Å². The van der Waals surface area contributed by atoms with E-state index >= 15 is 0 Å². The highest BCUT2D eigenvalue weighted by Crippen LogP contribution is 2.30. The van der Waals surface area contributed by atoms with Crippen molar-refractivity contribution >= 4 is 5.69 Å². The Hall–Kier alpha value is -2.10. The maximum atomic E-state index is 5.50. The first-order valence-electron chi connectivity index (χ1n) is 6.39. The summed E-state index contributed by atoms with van der Waals surface area (Å²) in [5, 5.41) is 3.38. The highest BCUT2D eigenvalue weighted by atomic mass is 16.5. The van der Waals surface area contributed by atoms with Crippen LogP contribution in [0.5, 0.6) is 11.5 Å². The third kappa shape index (κ3) is 3.22. The van der Waals surface area contributed by atoms with Gasteiger partial charge in [-0.15, -0.1) is 0 Å². The van der Waals surface area contributed by atoms with Gasteiger partial charge in [-0.05, 0) is 31.2 Å². The van der Waals surface area contributed by atoms with Crippen LogP contribution in [0.2, 0.25) is 0 Å². The van der Waals surface area contributed by atoms with E-state index in [1.807, 2.05) is 44.4 Å². The van der Waals surface area contributed by atoms with Crippen LogP contribution < -0.4 is 14.8 Å². The predicted molar refractivity (Wildman–Crippen MR) is 76.9 cm³/mol. The second-order valence-electron chi connectivity index (χ2n) is 4.26. The van der Waals surface area contributed by atoms with Gasteiger partial charge in [0.1, 0.15) is 0 Å². The van der Waals surface area contributed by atoms with Crippen LogP contribution in [0, 0.1) is 0 Å². The number of ether oxygens (including phenoxy) is 2. The fourth-order valence-electron chi connectivity index (χ4n) is 1.93. The van der Waals surface area contributed by atoms with E-state index in [9.17, 15) is 0 Å². The summed E-state index contributed by atoms with van der Waals surface area (Å²) in [4.78, 5) is 0. The summed E-state index contributed by atoms with van der Waals surface area (Å²) in [6.07, 6.45) is 2.04. The number of methoxy groups -OCH3 is 1. The molecule has 4 nitrogen and oxygen atoms in total. The van der Waals surface area contributed by atoms with E-state index < -0.39 is 0 Å². The number of anilines is 1. The van der Waals surface area contributed by atoms with Crippen LogP contribution in [0.15, 0.2) is 36.5 Å². The number of nitrogens with zero attached hydrogens (tertiary/aromatic N) is 1. The number of aromatic nitrogens is 1. The van der Waals surface area contributed by atoms with E-state index in [0.29, 0.717) is 6.61 Å². The van der Waals surface area contributed by atoms with Gasteiger partial charge in [0.2, 0.25) is 0 Å². The number of hydrogen-bond donors (Lipinski definition) is 1. The molecule has 0 unspecified atom stereocenters. The molecule has 1 heterocycles. The number of aryl methyl sites for hydroxylation is 1. The molecule has 19 heavy (non-hydrogen) atoms. The molecule has 1 aromatic heterocycles. The van der Waals surface area contributed by atoms with Gasteiger partial charge in [0.05, 0.1) is 20.3 Å². The van der Waals surface area contributed by atoms with Crippen LogP contribution in [0.3, 0.4) is 0 Å². The molecular weight excluding hydrogens is 240 g/mol. The molecule has 0 bridgehead atoms. The minimum atomic E-state index is 0.631. The number of rotatable bonds is 6. The lowest BCUT2D eigenvalue weighted by molar-refractivity contribution is 0.311. The Bertz CT molecular complexity index is 535. The zero-order valence-corrected chi connectivity index (χ0v) is 11.6. The lowest BCUT2D eigenvalue weighted by atomic mass is 10.2. The zero-order chi connectivity index (χ0) is 13.7. The lowest BCUT2D eigenvalue weighted by Gasteiger charge is -2.12. The molecule has 0 saturated carbocycles. The SMILES string of the molecule is CCOc1ccc(NCc2cccn2C)cc1OC. The van der Waals surface area contributed by atoms with Crippen LogP contribution in [-0.2, 0) is 13.6 Å². The Balaban J connectivity index is 2.07. The Kier molecular flexibility index (Phi) is 4.34. The van der Waals surface area contributed by atoms with Crippen molar-refractivity contribution in [3.05, 3.63) is 42.2 Å². The quantitative estimate of drug-likeness (QED) is 0.867. The van der Waals surface area contributed by atoms with Gasteiger partial charge in [-0.2, -0.15) is 0 Å². The summed E-state index contributed by atoms with van der Waals surface area (Å²) in [6, 6.07) is 10.0. The van der Waals surface area contributed by atoms with Gasteiger partial charge in [0, 0.05) is 30.7 Å². The second-order valence-corrected chi connectivity index (χ2v) is 4.26. The van der Waals surface area contributed by atoms with Gasteiger partial charge in [0.25, 0.3) is 0 Å². The third-order valence-electron chi connectivity index (χ3n) is 2.99. The van der Waals surface area contributed by atoms with Crippen LogP contribution in [-0.4, -0.2) is 18.3 Å². The standard InChI is InChI=1S/C15H20N2O2/c1-4-19-14-8-7-12(10-15(14)18-3)16-11-13-6-5-9-17(13)2/h5-10,16H,4,11H2,1-3H3. The number of benzene rings is 1. The van der Waals surface area contributed by atoms with Crippen LogP contribution in [0.25, 0.3) is 0 Å². The van der Waals surface area contributed by atoms with Gasteiger partial charge < -0.3 is 19.4 Å². The minimum absolute atomic E-state index is 0.631. The molecule has 1 N–H and O–H groups in total. The summed E-state index contributed by atoms with van der Waals surface area (Å²) in [5.41, 5.74) is 2.24. The molecule has 2 aromatic rings. The molecule has 0 aliphatic rings. The molecular formula is C15H20N2O2. The summed E-state index contributed by atoms with van der Waals surface area (Å²) in [7, 11) is 3.69. The monoisotopic (exact) mass is 260 g/mol. The summed E-state index contributed by atoms with van der Waals surface area (Å²) >= 11 is 0. The van der Waals surface area contributed by atoms with Crippen molar-refractivity contribution in [2.45, 2.75) is 13.5 Å². The van der Waals surface area contributed by atoms with E-state index in [1.165, 1.54) is 5.69 Å². The molecule has 0 amide bonds. The molecule has 0 spiro atoms. The minimum Gasteiger partial charge on any atom is -0.493 e. The van der Waals surface area contributed by atoms with Crippen molar-refractivity contribution in [2.24, 2.45) is 7.05 Å². The first-order chi connectivity index (χ1) is 9.24. The summed E-state index contributed by atoms with van der Waals surface area (Å²) in [5.74, 6) is 1.52. The highest BCUT2D eigenvalue weighted by Gasteiger charge is 2.05. The average molecular weight is 260 g/mol. The highest BCUT2D eigenvalue weighted by molar-refractivity contribution is 5.54. The molecule has 1 aromatic carbocycles. The van der Waals surface area contributed by atoms with Crippen molar-refractivity contribution in [1.82, 2.24) is 4.57 Å². The largest absolute Gasteiger partial charge is 0.493 e. The van der Waals surface area contributed by atoms with Gasteiger partial charge in [-0.3, -0.25) is 0 Å². The zero-order valence-electron chi connectivity index (χ0n) is 11.6. The van der Waals surface area contributed by atoms with Crippen molar-refractivity contribution in [3.8, 4) is 11.5 Å². The molecule has 4 heteroatoms. The van der Waals surface area contributed by atoms with Gasteiger partial charge >= 0.3 is 0 Å². The van der Waals surface area contributed by atoms with E-state index in [0.717, 1.165) is 23.7 Å². The fraction of sp³-hybridized carbons (Fsp3) is 0.333. The Labute approximate surface area is 114 Å². The molecule has 0 saturated heterocycles. The normalized spacial score (nSPS) is 10.3. The number of hydrogen-bond acceptors (Lipinski definition) is 3. The second kappa shape index (κ2) is 6.18. The smallest absolute Gasteiger partial charge is 0.162 e. The summed E-state index contributed by atoms with van der Waals surface area (Å²) in [6.45, 7) is 3.37. The summed E-state index contributed by atoms with van der Waals surface area (Å²) < 4.78 is 12.9. The fourth-order valence-corrected chi connectivity index (χ4v) is 1.93. The topological polar surface area (TPSA) is 35.4 Å². The van der Waals surface area contributed by atoms with Gasteiger partial charge in [-0.25, -0.2) is 0 Å². The molecule has 2 rings (SSSR count). The van der Waals surface area contributed by atoms with Gasteiger partial charge in [-0.1, -0.05) is 0 Å². The Morgan fingerprint density at radius 1 is 1.21 bits per heavy atom. The predicted octanol–water partition coefficient (Wildman–Crippen LogP) is 3.04. The Morgan fingerprint density at radius 3 is 2.68 bits per heavy atom. The molecule has 0 atom stereocenters. The maximum absolute atomic E-state index is 5.50. The first-order valence-corrected chi connectivity index (χ1v) is 6.39. The van der Waals surface area contributed by atoms with Crippen molar-refractivity contribution in [2.75, 3.05) is 19.0 Å². The van der Waals surface area contributed by atoms with E-state index in [4.69, 9.17) is 9.47 Å². The van der Waals surface area contributed by atoms with E-state index in [-0.39, 0.29) is 0 Å². The molecule has 0 aliphatic carbocycles. The first kappa shape index (κ1) is 13.3. The lowest BCUT2D eigenvalue weighted by Crippen LogP contribution is -2.04. The van der Waals surface area contributed by atoms with Crippen molar-refractivity contribution < 1.29 is 9.47 Å². The van der Waals surface area contributed by atoms with Gasteiger partial charge in [0.15, 0.2) is 11.5 Å². The van der Waals surface area contributed by atoms with Crippen LogP contribution >= 0.6 is 0 Å². The molecule has 0 fully saturated rings. The van der Waals surface area contributed by atoms with Crippen molar-refractivity contribution in [1.29, 1.82) is 0 Å².